The number of benzene rings is 6. The maximum absolute atomic E-state index is 5.19. The Bertz CT molecular complexity index is 2370. The Labute approximate surface area is 286 Å². The molecular weight excluding hydrogens is 597 g/mol. The van der Waals surface area contributed by atoms with Crippen LogP contribution in [0.1, 0.15) is 28.3 Å². The van der Waals surface area contributed by atoms with Crippen molar-refractivity contribution in [3.8, 4) is 16.8 Å². The third-order valence-electron chi connectivity index (χ3n) is 9.54. The Morgan fingerprint density at radius 1 is 0.551 bits per heavy atom. The minimum atomic E-state index is -0.0572. The highest BCUT2D eigenvalue weighted by molar-refractivity contribution is 6.09. The zero-order valence-corrected chi connectivity index (χ0v) is 26.9. The average Bonchev–Trinajstić information content (AvgIpc) is 3.53. The number of nitrogens with zero attached hydrogens (tertiary/aromatic N) is 2. The summed E-state index contributed by atoms with van der Waals surface area (Å²) in [6, 6.07) is 54.1. The lowest BCUT2D eigenvalue weighted by Crippen LogP contribution is -2.31. The van der Waals surface area contributed by atoms with E-state index in [9.17, 15) is 0 Å². The molecule has 9 rings (SSSR count). The molecule has 0 fully saturated rings. The number of amidine groups is 1. The number of dihydropyridines is 1. The van der Waals surface area contributed by atoms with Crippen molar-refractivity contribution in [3.63, 3.8) is 0 Å². The molecule has 49 heavy (non-hydrogen) atoms. The quantitative estimate of drug-likeness (QED) is 0.192. The first-order valence-corrected chi connectivity index (χ1v) is 16.8. The van der Waals surface area contributed by atoms with Gasteiger partial charge in [-0.25, -0.2) is 4.99 Å². The van der Waals surface area contributed by atoms with E-state index in [1.807, 2.05) is 6.20 Å². The van der Waals surface area contributed by atoms with Gasteiger partial charge in [-0.05, 0) is 76.0 Å². The molecule has 0 bridgehead atoms. The van der Waals surface area contributed by atoms with Gasteiger partial charge in [0.2, 0.25) is 0 Å². The lowest BCUT2D eigenvalue weighted by molar-refractivity contribution is 0.780. The van der Waals surface area contributed by atoms with Crippen LogP contribution in [0.25, 0.3) is 49.9 Å². The summed E-state index contributed by atoms with van der Waals surface area (Å²) >= 11 is 0. The molecule has 0 saturated carbocycles. The minimum Gasteiger partial charge on any atom is -0.387 e. The molecule has 4 nitrogen and oxygen atoms in total. The van der Waals surface area contributed by atoms with Gasteiger partial charge in [0.25, 0.3) is 0 Å². The largest absolute Gasteiger partial charge is 0.387 e. The second-order valence-electron chi connectivity index (χ2n) is 12.5. The third kappa shape index (κ3) is 5.43. The molecule has 0 spiro atoms. The maximum Gasteiger partial charge on any atom is 0.134 e. The average molecular weight is 631 g/mol. The van der Waals surface area contributed by atoms with E-state index in [1.165, 1.54) is 49.6 Å². The number of para-hydroxylation sites is 2. The fourth-order valence-corrected chi connectivity index (χ4v) is 7.01. The molecule has 1 atom stereocenters. The molecule has 6 aromatic carbocycles. The molecule has 0 radical (unpaired) electrons. The van der Waals surface area contributed by atoms with Crippen molar-refractivity contribution >= 4 is 38.9 Å². The number of aliphatic imine (C=N–C) groups is 1. The third-order valence-corrected chi connectivity index (χ3v) is 9.54. The first-order valence-electron chi connectivity index (χ1n) is 16.8. The second-order valence-corrected chi connectivity index (χ2v) is 12.5. The summed E-state index contributed by atoms with van der Waals surface area (Å²) in [6.45, 7) is 0.846. The smallest absolute Gasteiger partial charge is 0.134 e. The summed E-state index contributed by atoms with van der Waals surface area (Å²) < 4.78 is 2.36. The minimum absolute atomic E-state index is 0.0572. The molecule has 1 aromatic heterocycles. The Morgan fingerprint density at radius 2 is 1.14 bits per heavy atom. The SMILES string of the molecule is C1=CC(c2ccc(C3=CC(c4ccc(-n5c6ccccc6c6ccccc65)cc4)NC(c4ccc(-c5ccccc5)cc4)=N3)cc2)=CCN1. The van der Waals surface area contributed by atoms with Crippen molar-refractivity contribution in [2.45, 2.75) is 6.04 Å². The zero-order valence-electron chi connectivity index (χ0n) is 26.9. The van der Waals surface area contributed by atoms with Gasteiger partial charge in [0, 0.05) is 28.6 Å². The fourth-order valence-electron chi connectivity index (χ4n) is 7.01. The second kappa shape index (κ2) is 12.3. The predicted octanol–water partition coefficient (Wildman–Crippen LogP) is 10.1. The van der Waals surface area contributed by atoms with Crippen molar-refractivity contribution < 1.29 is 0 Å². The van der Waals surface area contributed by atoms with Crippen LogP contribution in [0.5, 0.6) is 0 Å². The molecule has 7 aromatic rings. The van der Waals surface area contributed by atoms with Crippen LogP contribution in [0.2, 0.25) is 0 Å². The lowest BCUT2D eigenvalue weighted by atomic mass is 9.97. The Hall–Kier alpha value is -6.39. The molecule has 2 aliphatic rings. The predicted molar refractivity (Wildman–Crippen MR) is 205 cm³/mol. The topological polar surface area (TPSA) is 41.4 Å². The summed E-state index contributed by atoms with van der Waals surface area (Å²) in [6.07, 6.45) is 8.59. The molecular formula is C45H34N4. The first kappa shape index (κ1) is 28.8. The number of rotatable bonds is 6. The van der Waals surface area contributed by atoms with Crippen LogP contribution in [0, 0.1) is 0 Å². The van der Waals surface area contributed by atoms with Gasteiger partial charge in [0.15, 0.2) is 0 Å². The molecule has 4 heteroatoms. The number of fused-ring (bicyclic) bond motifs is 3. The van der Waals surface area contributed by atoms with E-state index in [1.54, 1.807) is 0 Å². The van der Waals surface area contributed by atoms with Crippen LogP contribution in [0.15, 0.2) is 181 Å². The van der Waals surface area contributed by atoms with Gasteiger partial charge >= 0.3 is 0 Å². The van der Waals surface area contributed by atoms with Gasteiger partial charge in [0.1, 0.15) is 5.84 Å². The van der Waals surface area contributed by atoms with Crippen LogP contribution in [0.3, 0.4) is 0 Å². The Morgan fingerprint density at radius 3 is 1.82 bits per heavy atom. The zero-order chi connectivity index (χ0) is 32.6. The summed E-state index contributed by atoms with van der Waals surface area (Å²) in [5.41, 5.74) is 12.7. The number of hydrogen-bond donors (Lipinski definition) is 2. The molecule has 234 valence electrons. The van der Waals surface area contributed by atoms with Gasteiger partial charge < -0.3 is 15.2 Å². The molecule has 0 amide bonds. The number of hydrogen-bond acceptors (Lipinski definition) is 3. The normalized spacial score (nSPS) is 15.7. The molecule has 2 aliphatic heterocycles. The van der Waals surface area contributed by atoms with Gasteiger partial charge in [-0.2, -0.15) is 0 Å². The van der Waals surface area contributed by atoms with E-state index < -0.39 is 0 Å². The summed E-state index contributed by atoms with van der Waals surface area (Å²) in [5, 5.41) is 9.53. The van der Waals surface area contributed by atoms with E-state index in [-0.39, 0.29) is 6.04 Å². The van der Waals surface area contributed by atoms with Crippen molar-refractivity contribution in [1.29, 1.82) is 0 Å². The van der Waals surface area contributed by atoms with Crippen molar-refractivity contribution in [3.05, 3.63) is 198 Å². The highest BCUT2D eigenvalue weighted by Gasteiger charge is 2.21. The molecule has 2 N–H and O–H groups in total. The van der Waals surface area contributed by atoms with Crippen molar-refractivity contribution in [2.24, 2.45) is 4.99 Å². The highest BCUT2D eigenvalue weighted by Crippen LogP contribution is 2.34. The van der Waals surface area contributed by atoms with Crippen molar-refractivity contribution in [1.82, 2.24) is 15.2 Å². The van der Waals surface area contributed by atoms with Crippen LogP contribution in [-0.2, 0) is 0 Å². The lowest BCUT2D eigenvalue weighted by Gasteiger charge is -2.25. The maximum atomic E-state index is 5.19. The van der Waals surface area contributed by atoms with E-state index in [0.717, 1.165) is 34.9 Å². The highest BCUT2D eigenvalue weighted by atomic mass is 15.0. The van der Waals surface area contributed by atoms with Crippen LogP contribution < -0.4 is 10.6 Å². The summed E-state index contributed by atoms with van der Waals surface area (Å²) in [7, 11) is 0. The van der Waals surface area contributed by atoms with E-state index >= 15 is 0 Å². The van der Waals surface area contributed by atoms with Crippen LogP contribution in [0.4, 0.5) is 0 Å². The van der Waals surface area contributed by atoms with E-state index in [2.05, 4.69) is 185 Å². The van der Waals surface area contributed by atoms with E-state index in [0.29, 0.717) is 0 Å². The summed E-state index contributed by atoms with van der Waals surface area (Å²) in [5.74, 6) is 0.863. The summed E-state index contributed by atoms with van der Waals surface area (Å²) in [4.78, 5) is 5.19. The first-order chi connectivity index (χ1) is 24.3. The van der Waals surface area contributed by atoms with Gasteiger partial charge in [-0.15, -0.1) is 0 Å². The van der Waals surface area contributed by atoms with Gasteiger partial charge in [0.05, 0.1) is 22.8 Å². The molecule has 0 aliphatic carbocycles. The van der Waals surface area contributed by atoms with Gasteiger partial charge in [-0.3, -0.25) is 0 Å². The number of allylic oxidation sites excluding steroid dienone is 2. The Kier molecular flexibility index (Phi) is 7.25. The van der Waals surface area contributed by atoms with E-state index in [4.69, 9.17) is 4.99 Å². The molecule has 1 unspecified atom stereocenters. The van der Waals surface area contributed by atoms with Crippen LogP contribution in [-0.4, -0.2) is 16.9 Å². The molecule has 0 saturated heterocycles. The number of aromatic nitrogens is 1. The van der Waals surface area contributed by atoms with Crippen LogP contribution >= 0.6 is 0 Å². The van der Waals surface area contributed by atoms with Gasteiger partial charge in [-0.1, -0.05) is 133 Å². The fraction of sp³-hybridized carbons (Fsp3) is 0.0444. The Balaban J connectivity index is 1.08. The number of nitrogens with one attached hydrogen (secondary N) is 2. The molecule has 3 heterocycles. The standard InChI is InChI=1S/C45H34N4/c1-2-8-31(9-3-1)32-16-20-37(21-17-32)45-47-41(35-18-14-33(15-19-35)34-26-28-46-29-27-34)30-42(48-45)36-22-24-38(25-23-36)49-43-12-6-4-10-39(43)40-11-5-7-13-44(40)49/h1-28,30,42,46H,29H2,(H,47,48). The van der Waals surface area contributed by atoms with Crippen molar-refractivity contribution in [2.75, 3.05) is 6.54 Å². The monoisotopic (exact) mass is 630 g/mol.